The number of ether oxygens (including phenoxy) is 2. The van der Waals surface area contributed by atoms with Crippen LogP contribution < -0.4 is 9.47 Å². The minimum Gasteiger partial charge on any atom is -0.486 e. The Morgan fingerprint density at radius 1 is 1.10 bits per heavy atom. The van der Waals surface area contributed by atoms with Crippen molar-refractivity contribution in [1.29, 1.82) is 0 Å². The lowest BCUT2D eigenvalue weighted by Crippen LogP contribution is -2.32. The second-order valence-corrected chi connectivity index (χ2v) is 7.71. The highest BCUT2D eigenvalue weighted by atomic mass is 16.6. The number of carbonyl (C=O) groups excluding carboxylic acids is 1. The Morgan fingerprint density at radius 3 is 2.73 bits per heavy atom. The molecule has 1 atom stereocenters. The van der Waals surface area contributed by atoms with Gasteiger partial charge in [-0.3, -0.25) is 4.79 Å². The first kappa shape index (κ1) is 18.7. The minimum atomic E-state index is 0.0501. The van der Waals surface area contributed by atoms with Gasteiger partial charge in [0.25, 0.3) is 0 Å². The normalized spacial score (nSPS) is 17.9. The van der Waals surface area contributed by atoms with Gasteiger partial charge in [0.05, 0.1) is 18.2 Å². The third-order valence-corrected chi connectivity index (χ3v) is 5.76. The molecule has 1 saturated heterocycles. The quantitative estimate of drug-likeness (QED) is 0.648. The number of oxazole rings is 1. The molecule has 0 saturated carbocycles. The molecule has 3 aromatic rings. The number of carbonyl (C=O) groups is 1. The minimum absolute atomic E-state index is 0.0501. The highest BCUT2D eigenvalue weighted by Gasteiger charge is 2.31. The topological polar surface area (TPSA) is 64.8 Å². The van der Waals surface area contributed by atoms with Gasteiger partial charge in [0, 0.05) is 12.1 Å². The molecule has 5 rings (SSSR count). The van der Waals surface area contributed by atoms with Crippen molar-refractivity contribution in [3.63, 3.8) is 0 Å². The van der Waals surface area contributed by atoms with E-state index in [2.05, 4.69) is 4.98 Å². The molecule has 3 heterocycles. The number of fused-ring (bicyclic) bond motifs is 1. The summed E-state index contributed by atoms with van der Waals surface area (Å²) in [4.78, 5) is 19.7. The van der Waals surface area contributed by atoms with Crippen molar-refractivity contribution in [1.82, 2.24) is 9.88 Å². The molecule has 0 N–H and O–H groups in total. The van der Waals surface area contributed by atoms with E-state index in [1.165, 1.54) is 0 Å². The highest BCUT2D eigenvalue weighted by Crippen LogP contribution is 2.38. The van der Waals surface area contributed by atoms with E-state index in [1.807, 2.05) is 60.4 Å². The van der Waals surface area contributed by atoms with Crippen molar-refractivity contribution in [3.05, 3.63) is 65.5 Å². The molecule has 2 aromatic carbocycles. The maximum Gasteiger partial charge on any atom is 0.229 e. The standard InChI is InChI=1S/C24H24N2O4/c1-16-19(25-24(30-16)17-6-3-2-4-7-17)15-23(27)26-11-5-8-20(26)18-9-10-21-22(14-18)29-13-12-28-21/h2-4,6-7,9-10,14,20H,5,8,11-13,15H2,1H3. The Morgan fingerprint density at radius 2 is 1.90 bits per heavy atom. The zero-order chi connectivity index (χ0) is 20.5. The van der Waals surface area contributed by atoms with E-state index in [9.17, 15) is 4.79 Å². The van der Waals surface area contributed by atoms with Crippen molar-refractivity contribution >= 4 is 5.91 Å². The molecule has 154 valence electrons. The van der Waals surface area contributed by atoms with Crippen LogP contribution in [0.1, 0.15) is 35.9 Å². The molecular weight excluding hydrogens is 380 g/mol. The molecule has 0 bridgehead atoms. The first-order chi connectivity index (χ1) is 14.7. The average molecular weight is 404 g/mol. The number of rotatable bonds is 4. The van der Waals surface area contributed by atoms with Crippen molar-refractivity contribution < 1.29 is 18.7 Å². The maximum absolute atomic E-state index is 13.2. The average Bonchev–Trinajstić information content (AvgIpc) is 3.41. The first-order valence-corrected chi connectivity index (χ1v) is 10.4. The van der Waals surface area contributed by atoms with Gasteiger partial charge in [-0.1, -0.05) is 24.3 Å². The van der Waals surface area contributed by atoms with E-state index in [1.54, 1.807) is 0 Å². The summed E-state index contributed by atoms with van der Waals surface area (Å²) in [6, 6.07) is 15.8. The fraction of sp³-hybridized carbons (Fsp3) is 0.333. The molecular formula is C24H24N2O4. The Bertz CT molecular complexity index is 1060. The van der Waals surface area contributed by atoms with Crippen molar-refractivity contribution in [2.24, 2.45) is 0 Å². The van der Waals surface area contributed by atoms with Crippen LogP contribution in [0, 0.1) is 6.92 Å². The third kappa shape index (κ3) is 3.54. The van der Waals surface area contributed by atoms with Gasteiger partial charge in [-0.05, 0) is 49.6 Å². The number of hydrogen-bond acceptors (Lipinski definition) is 5. The molecule has 1 unspecified atom stereocenters. The predicted molar refractivity (Wildman–Crippen MR) is 112 cm³/mol. The van der Waals surface area contributed by atoms with E-state index < -0.39 is 0 Å². The van der Waals surface area contributed by atoms with Gasteiger partial charge in [-0.2, -0.15) is 0 Å². The van der Waals surface area contributed by atoms with Crippen LogP contribution in [0.4, 0.5) is 0 Å². The van der Waals surface area contributed by atoms with E-state index >= 15 is 0 Å². The molecule has 1 amide bonds. The van der Waals surface area contributed by atoms with Gasteiger partial charge in [-0.15, -0.1) is 0 Å². The van der Waals surface area contributed by atoms with Gasteiger partial charge in [0.2, 0.25) is 11.8 Å². The van der Waals surface area contributed by atoms with Crippen molar-refractivity contribution in [3.8, 4) is 23.0 Å². The van der Waals surface area contributed by atoms with E-state index in [4.69, 9.17) is 13.9 Å². The van der Waals surface area contributed by atoms with Gasteiger partial charge in [0.15, 0.2) is 11.5 Å². The van der Waals surface area contributed by atoms with Crippen LogP contribution in [-0.2, 0) is 11.2 Å². The highest BCUT2D eigenvalue weighted by molar-refractivity contribution is 5.79. The summed E-state index contributed by atoms with van der Waals surface area (Å²) in [5, 5.41) is 0. The van der Waals surface area contributed by atoms with E-state index in [0.717, 1.165) is 42.0 Å². The van der Waals surface area contributed by atoms with Crippen molar-refractivity contribution in [2.45, 2.75) is 32.2 Å². The van der Waals surface area contributed by atoms with Gasteiger partial charge in [0.1, 0.15) is 19.0 Å². The molecule has 0 radical (unpaired) electrons. The molecule has 2 aliphatic heterocycles. The monoisotopic (exact) mass is 404 g/mol. The van der Waals surface area contributed by atoms with Crippen LogP contribution in [-0.4, -0.2) is 35.5 Å². The number of hydrogen-bond donors (Lipinski definition) is 0. The predicted octanol–water partition coefficient (Wildman–Crippen LogP) is 4.33. The summed E-state index contributed by atoms with van der Waals surface area (Å²) >= 11 is 0. The molecule has 1 fully saturated rings. The van der Waals surface area contributed by atoms with Crippen LogP contribution in [0.2, 0.25) is 0 Å². The summed E-state index contributed by atoms with van der Waals surface area (Å²) < 4.78 is 17.2. The number of benzene rings is 2. The molecule has 6 heteroatoms. The lowest BCUT2D eigenvalue weighted by molar-refractivity contribution is -0.131. The summed E-state index contributed by atoms with van der Waals surface area (Å²) in [6.45, 7) is 3.74. The molecule has 0 aliphatic carbocycles. The maximum atomic E-state index is 13.2. The van der Waals surface area contributed by atoms with E-state index in [0.29, 0.717) is 30.6 Å². The fourth-order valence-corrected chi connectivity index (χ4v) is 4.22. The number of aromatic nitrogens is 1. The lowest BCUT2D eigenvalue weighted by atomic mass is 10.0. The molecule has 6 nitrogen and oxygen atoms in total. The number of likely N-dealkylation sites (tertiary alicyclic amines) is 1. The molecule has 2 aliphatic rings. The first-order valence-electron chi connectivity index (χ1n) is 10.4. The number of nitrogens with zero attached hydrogens (tertiary/aromatic N) is 2. The van der Waals surface area contributed by atoms with E-state index in [-0.39, 0.29) is 18.4 Å². The Hall–Kier alpha value is -3.28. The Balaban J connectivity index is 1.34. The summed E-state index contributed by atoms with van der Waals surface area (Å²) in [5.41, 5.74) is 2.70. The van der Waals surface area contributed by atoms with Crippen LogP contribution in [0.15, 0.2) is 52.9 Å². The van der Waals surface area contributed by atoms with Crippen LogP contribution >= 0.6 is 0 Å². The lowest BCUT2D eigenvalue weighted by Gasteiger charge is -2.26. The second kappa shape index (κ2) is 7.86. The molecule has 0 spiro atoms. The van der Waals surface area contributed by atoms with Gasteiger partial charge >= 0.3 is 0 Å². The fourth-order valence-electron chi connectivity index (χ4n) is 4.22. The third-order valence-electron chi connectivity index (χ3n) is 5.76. The van der Waals surface area contributed by atoms with Gasteiger partial charge in [-0.25, -0.2) is 4.98 Å². The number of aryl methyl sites for hydroxylation is 1. The largest absolute Gasteiger partial charge is 0.486 e. The van der Waals surface area contributed by atoms with Crippen LogP contribution in [0.3, 0.4) is 0 Å². The van der Waals surface area contributed by atoms with Crippen LogP contribution in [0.25, 0.3) is 11.5 Å². The Kier molecular flexibility index (Phi) is 4.91. The molecule has 30 heavy (non-hydrogen) atoms. The zero-order valence-electron chi connectivity index (χ0n) is 17.0. The summed E-state index contributed by atoms with van der Waals surface area (Å²) in [5.74, 6) is 2.85. The summed E-state index contributed by atoms with van der Waals surface area (Å²) in [6.07, 6.45) is 2.17. The van der Waals surface area contributed by atoms with Crippen molar-refractivity contribution in [2.75, 3.05) is 19.8 Å². The number of amides is 1. The van der Waals surface area contributed by atoms with Crippen LogP contribution in [0.5, 0.6) is 11.5 Å². The SMILES string of the molecule is Cc1oc(-c2ccccc2)nc1CC(=O)N1CCCC1c1ccc2c(c1)OCCO2. The summed E-state index contributed by atoms with van der Waals surface area (Å²) in [7, 11) is 0. The zero-order valence-corrected chi connectivity index (χ0v) is 17.0. The molecule has 1 aromatic heterocycles. The van der Waals surface area contributed by atoms with Gasteiger partial charge < -0.3 is 18.8 Å². The Labute approximate surface area is 175 Å². The second-order valence-electron chi connectivity index (χ2n) is 7.71. The smallest absolute Gasteiger partial charge is 0.229 e.